The van der Waals surface area contributed by atoms with E-state index >= 15 is 0 Å². The normalized spacial score (nSPS) is 12.6. The first-order valence-electron chi connectivity index (χ1n) is 7.63. The van der Waals surface area contributed by atoms with Gasteiger partial charge in [0.2, 0.25) is 10.0 Å². The predicted octanol–water partition coefficient (Wildman–Crippen LogP) is 3.31. The molecule has 0 amide bonds. The number of hydrogen-bond acceptors (Lipinski definition) is 6. The summed E-state index contributed by atoms with van der Waals surface area (Å²) < 4.78 is 54.7. The molecule has 0 unspecified atom stereocenters. The van der Waals surface area contributed by atoms with Crippen molar-refractivity contribution in [2.24, 2.45) is 0 Å². The molecular weight excluding hydrogens is 430 g/mol. The summed E-state index contributed by atoms with van der Waals surface area (Å²) in [6.45, 7) is 1.69. The molecule has 1 aromatic heterocycles. The molecule has 1 heterocycles. The summed E-state index contributed by atoms with van der Waals surface area (Å²) in [6.07, 6.45) is 0. The van der Waals surface area contributed by atoms with Gasteiger partial charge in [0.1, 0.15) is 0 Å². The maximum atomic E-state index is 12.8. The van der Waals surface area contributed by atoms with Gasteiger partial charge >= 0.3 is 0 Å². The van der Waals surface area contributed by atoms with Gasteiger partial charge < -0.3 is 0 Å². The van der Waals surface area contributed by atoms with E-state index in [9.17, 15) is 16.8 Å². The summed E-state index contributed by atoms with van der Waals surface area (Å²) in [6, 6.07) is 8.79. The van der Waals surface area contributed by atoms with Crippen LogP contribution < -0.4 is 4.72 Å². The molecule has 7 nitrogen and oxygen atoms in total. The molecule has 0 aliphatic rings. The Balaban J connectivity index is 2.02. The Morgan fingerprint density at radius 3 is 2.37 bits per heavy atom. The molecule has 1 N–H and O–H groups in total. The SMILES string of the molecule is Cc1ccc(S(=O)(=O)N(C)C)cc1NS(=O)(=O)c1ccc2nc(Cl)sc2c1. The number of nitrogens with one attached hydrogen (secondary N) is 1. The van der Waals surface area contributed by atoms with Crippen LogP contribution in [0.4, 0.5) is 5.69 Å². The Bertz CT molecular complexity index is 1240. The number of sulfonamides is 2. The maximum absolute atomic E-state index is 12.8. The minimum Gasteiger partial charge on any atom is -0.279 e. The number of anilines is 1. The lowest BCUT2D eigenvalue weighted by Crippen LogP contribution is -2.22. The van der Waals surface area contributed by atoms with E-state index in [0.29, 0.717) is 20.2 Å². The lowest BCUT2D eigenvalue weighted by molar-refractivity contribution is 0.520. The Kier molecular flexibility index (Phi) is 5.21. The molecule has 0 fully saturated rings. The number of fused-ring (bicyclic) bond motifs is 1. The van der Waals surface area contributed by atoms with E-state index in [0.717, 1.165) is 4.31 Å². The van der Waals surface area contributed by atoms with Crippen molar-refractivity contribution in [3.63, 3.8) is 0 Å². The third-order valence-electron chi connectivity index (χ3n) is 3.88. The van der Waals surface area contributed by atoms with Crippen molar-refractivity contribution in [2.45, 2.75) is 16.7 Å². The van der Waals surface area contributed by atoms with Gasteiger partial charge in [0.25, 0.3) is 10.0 Å². The number of aromatic nitrogens is 1. The van der Waals surface area contributed by atoms with Crippen LogP contribution in [0, 0.1) is 6.92 Å². The van der Waals surface area contributed by atoms with Gasteiger partial charge in [-0.1, -0.05) is 17.7 Å². The molecule has 0 saturated heterocycles. The first-order valence-corrected chi connectivity index (χ1v) is 11.7. The van der Waals surface area contributed by atoms with Crippen LogP contribution in [0.2, 0.25) is 4.47 Å². The third kappa shape index (κ3) is 3.94. The van der Waals surface area contributed by atoms with Crippen LogP contribution in [0.5, 0.6) is 0 Å². The molecule has 0 atom stereocenters. The van der Waals surface area contributed by atoms with Gasteiger partial charge in [0.15, 0.2) is 4.47 Å². The number of rotatable bonds is 5. The lowest BCUT2D eigenvalue weighted by Gasteiger charge is -2.15. The zero-order valence-electron chi connectivity index (χ0n) is 14.6. The summed E-state index contributed by atoms with van der Waals surface area (Å²) in [7, 11) is -4.79. The highest BCUT2D eigenvalue weighted by Gasteiger charge is 2.21. The van der Waals surface area contributed by atoms with Gasteiger partial charge in [-0.05, 0) is 42.8 Å². The average molecular weight is 446 g/mol. The molecule has 0 aliphatic heterocycles. The van der Waals surface area contributed by atoms with E-state index in [1.807, 2.05) is 0 Å². The topological polar surface area (TPSA) is 96.4 Å². The van der Waals surface area contributed by atoms with E-state index in [1.54, 1.807) is 19.1 Å². The summed E-state index contributed by atoms with van der Waals surface area (Å²) in [4.78, 5) is 4.12. The van der Waals surface area contributed by atoms with E-state index in [1.165, 1.54) is 49.7 Å². The van der Waals surface area contributed by atoms with Crippen LogP contribution in [-0.4, -0.2) is 40.2 Å². The van der Waals surface area contributed by atoms with Crippen molar-refractivity contribution in [1.82, 2.24) is 9.29 Å². The van der Waals surface area contributed by atoms with Crippen molar-refractivity contribution in [3.8, 4) is 0 Å². The second kappa shape index (κ2) is 7.02. The van der Waals surface area contributed by atoms with Gasteiger partial charge in [-0.25, -0.2) is 26.1 Å². The number of thiazole rings is 1. The predicted molar refractivity (Wildman–Crippen MR) is 107 cm³/mol. The van der Waals surface area contributed by atoms with Crippen LogP contribution >= 0.6 is 22.9 Å². The second-order valence-electron chi connectivity index (χ2n) is 5.97. The summed E-state index contributed by atoms with van der Waals surface area (Å²) in [5.74, 6) is 0. The lowest BCUT2D eigenvalue weighted by atomic mass is 10.2. The molecule has 2 aromatic carbocycles. The minimum atomic E-state index is -3.92. The molecular formula is C16H16ClN3O4S3. The van der Waals surface area contributed by atoms with Crippen molar-refractivity contribution < 1.29 is 16.8 Å². The summed E-state index contributed by atoms with van der Waals surface area (Å²) in [5.41, 5.74) is 1.40. The highest BCUT2D eigenvalue weighted by atomic mass is 35.5. The summed E-state index contributed by atoms with van der Waals surface area (Å²) in [5, 5.41) is 0. The van der Waals surface area contributed by atoms with Crippen molar-refractivity contribution in [1.29, 1.82) is 0 Å². The Labute approximate surface area is 166 Å². The molecule has 27 heavy (non-hydrogen) atoms. The molecule has 3 aromatic rings. The number of hydrogen-bond donors (Lipinski definition) is 1. The van der Waals surface area contributed by atoms with Gasteiger partial charge in [-0.15, -0.1) is 11.3 Å². The van der Waals surface area contributed by atoms with Crippen LogP contribution in [0.1, 0.15) is 5.56 Å². The largest absolute Gasteiger partial charge is 0.279 e. The van der Waals surface area contributed by atoms with E-state index in [4.69, 9.17) is 11.6 Å². The molecule has 0 saturated carbocycles. The fourth-order valence-electron chi connectivity index (χ4n) is 2.33. The third-order valence-corrected chi connectivity index (χ3v) is 8.17. The molecule has 0 aliphatic carbocycles. The van der Waals surface area contributed by atoms with Crippen LogP contribution in [0.25, 0.3) is 10.2 Å². The monoisotopic (exact) mass is 445 g/mol. The average Bonchev–Trinajstić information content (AvgIpc) is 2.95. The first kappa shape index (κ1) is 20.0. The molecule has 3 rings (SSSR count). The second-order valence-corrected chi connectivity index (χ2v) is 11.4. The van der Waals surface area contributed by atoms with Gasteiger partial charge in [-0.2, -0.15) is 0 Å². The van der Waals surface area contributed by atoms with E-state index in [2.05, 4.69) is 9.71 Å². The Morgan fingerprint density at radius 1 is 1.04 bits per heavy atom. The van der Waals surface area contributed by atoms with Gasteiger partial charge in [0, 0.05) is 14.1 Å². The minimum absolute atomic E-state index is 0.000454. The van der Waals surface area contributed by atoms with Crippen molar-refractivity contribution in [2.75, 3.05) is 18.8 Å². The molecule has 144 valence electrons. The molecule has 0 radical (unpaired) electrons. The number of halogens is 1. The number of benzene rings is 2. The Morgan fingerprint density at radius 2 is 1.70 bits per heavy atom. The molecule has 0 bridgehead atoms. The highest BCUT2D eigenvalue weighted by Crippen LogP contribution is 2.29. The smallest absolute Gasteiger partial charge is 0.261 e. The van der Waals surface area contributed by atoms with Gasteiger partial charge in [0.05, 0.1) is 25.7 Å². The summed E-state index contributed by atoms with van der Waals surface area (Å²) >= 11 is 7.05. The zero-order chi connectivity index (χ0) is 20.0. The molecule has 0 spiro atoms. The number of nitrogens with zero attached hydrogens (tertiary/aromatic N) is 2. The fourth-order valence-corrected chi connectivity index (χ4v) is 5.55. The highest BCUT2D eigenvalue weighted by molar-refractivity contribution is 7.92. The quantitative estimate of drug-likeness (QED) is 0.649. The number of aryl methyl sites for hydroxylation is 1. The van der Waals surface area contributed by atoms with Crippen LogP contribution in [-0.2, 0) is 20.0 Å². The van der Waals surface area contributed by atoms with Crippen molar-refractivity contribution >= 4 is 58.9 Å². The van der Waals surface area contributed by atoms with Crippen LogP contribution in [0.15, 0.2) is 46.2 Å². The maximum Gasteiger partial charge on any atom is 0.261 e. The van der Waals surface area contributed by atoms with Crippen LogP contribution in [0.3, 0.4) is 0 Å². The zero-order valence-corrected chi connectivity index (χ0v) is 17.8. The van der Waals surface area contributed by atoms with E-state index < -0.39 is 20.0 Å². The standard InChI is InChI=1S/C16H16ClN3O4S3/c1-10-4-5-12(27(23,24)20(2)3)8-14(10)19-26(21,22)11-6-7-13-15(9-11)25-16(17)18-13/h4-9,19H,1-3H3. The van der Waals surface area contributed by atoms with E-state index in [-0.39, 0.29) is 15.5 Å². The Hall–Kier alpha value is -1.72. The fraction of sp³-hybridized carbons (Fsp3) is 0.188. The first-order chi connectivity index (χ1) is 12.5. The van der Waals surface area contributed by atoms with Crippen molar-refractivity contribution in [3.05, 3.63) is 46.4 Å². The molecule has 11 heteroatoms. The van der Waals surface area contributed by atoms with Gasteiger partial charge in [-0.3, -0.25) is 4.72 Å².